The van der Waals surface area contributed by atoms with Crippen LogP contribution in [0.3, 0.4) is 0 Å². The quantitative estimate of drug-likeness (QED) is 0.429. The fraction of sp³-hybridized carbons (Fsp3) is 0.500. The highest BCUT2D eigenvalue weighted by Gasteiger charge is 2.13. The smallest absolute Gasteiger partial charge is 0.188 e. The van der Waals surface area contributed by atoms with Gasteiger partial charge >= 0.3 is 0 Å². The zero-order valence-corrected chi connectivity index (χ0v) is 15.2. The van der Waals surface area contributed by atoms with E-state index in [2.05, 4.69) is 24.2 Å². The highest BCUT2D eigenvalue weighted by atomic mass is 127. The van der Waals surface area contributed by atoms with Crippen LogP contribution in [0.5, 0.6) is 0 Å². The van der Waals surface area contributed by atoms with Crippen LogP contribution >= 0.6 is 35.6 Å². The van der Waals surface area contributed by atoms with E-state index >= 15 is 0 Å². The largest absolute Gasteiger partial charge is 0.375 e. The van der Waals surface area contributed by atoms with Gasteiger partial charge in [0.05, 0.1) is 6.54 Å². The summed E-state index contributed by atoms with van der Waals surface area (Å²) >= 11 is 6.14. The third kappa shape index (κ3) is 6.28. The van der Waals surface area contributed by atoms with Crippen molar-refractivity contribution in [3.8, 4) is 0 Å². The van der Waals surface area contributed by atoms with Gasteiger partial charge in [-0.05, 0) is 19.4 Å². The third-order valence-electron chi connectivity index (χ3n) is 2.97. The average Bonchev–Trinajstić information content (AvgIpc) is 2.41. The summed E-state index contributed by atoms with van der Waals surface area (Å²) in [6.45, 7) is 4.59. The van der Waals surface area contributed by atoms with E-state index in [0.717, 1.165) is 12.0 Å². The second-order valence-corrected chi connectivity index (χ2v) is 4.83. The van der Waals surface area contributed by atoms with Gasteiger partial charge in [0.1, 0.15) is 6.10 Å². The van der Waals surface area contributed by atoms with E-state index in [1.54, 1.807) is 7.11 Å². The number of nitrogens with one attached hydrogen (secondary N) is 1. The molecular formula is C14H23ClIN3O. The van der Waals surface area contributed by atoms with Gasteiger partial charge in [-0.15, -0.1) is 24.0 Å². The van der Waals surface area contributed by atoms with Gasteiger partial charge in [0, 0.05) is 23.7 Å². The van der Waals surface area contributed by atoms with Gasteiger partial charge in [-0.3, -0.25) is 4.99 Å². The van der Waals surface area contributed by atoms with Gasteiger partial charge in [0.25, 0.3) is 0 Å². The molecule has 0 spiro atoms. The maximum atomic E-state index is 6.14. The monoisotopic (exact) mass is 411 g/mol. The van der Waals surface area contributed by atoms with Gasteiger partial charge in [0.15, 0.2) is 5.96 Å². The number of aliphatic imine (C=N–C) groups is 1. The lowest BCUT2D eigenvalue weighted by atomic mass is 10.1. The predicted octanol–water partition coefficient (Wildman–Crippen LogP) is 3.35. The van der Waals surface area contributed by atoms with E-state index < -0.39 is 0 Å². The molecule has 6 heteroatoms. The minimum atomic E-state index is -0.189. The topological polar surface area (TPSA) is 59.6 Å². The summed E-state index contributed by atoms with van der Waals surface area (Å²) in [4.78, 5) is 4.30. The highest BCUT2D eigenvalue weighted by molar-refractivity contribution is 14.0. The maximum Gasteiger partial charge on any atom is 0.188 e. The lowest BCUT2D eigenvalue weighted by Gasteiger charge is -2.16. The van der Waals surface area contributed by atoms with Crippen molar-refractivity contribution < 1.29 is 4.74 Å². The Morgan fingerprint density at radius 1 is 1.45 bits per heavy atom. The molecule has 2 unspecified atom stereocenters. The first-order valence-electron chi connectivity index (χ1n) is 6.42. The SMILES string of the molecule is CCC(C)NC(N)=NCC(OC)c1ccccc1Cl.I. The van der Waals surface area contributed by atoms with Crippen molar-refractivity contribution in [3.05, 3.63) is 34.9 Å². The fourth-order valence-electron chi connectivity index (χ4n) is 1.62. The summed E-state index contributed by atoms with van der Waals surface area (Å²) in [5.41, 5.74) is 6.74. The second-order valence-electron chi connectivity index (χ2n) is 4.43. The lowest BCUT2D eigenvalue weighted by molar-refractivity contribution is 0.111. The number of benzene rings is 1. The summed E-state index contributed by atoms with van der Waals surface area (Å²) in [6, 6.07) is 7.90. The number of halogens is 2. The van der Waals surface area contributed by atoms with Gasteiger partial charge in [-0.25, -0.2) is 0 Å². The van der Waals surface area contributed by atoms with E-state index in [-0.39, 0.29) is 30.1 Å². The normalized spacial score (nSPS) is 14.3. The van der Waals surface area contributed by atoms with Crippen LogP contribution in [0.2, 0.25) is 5.02 Å². The Morgan fingerprint density at radius 3 is 2.65 bits per heavy atom. The van der Waals surface area contributed by atoms with E-state index in [0.29, 0.717) is 23.6 Å². The van der Waals surface area contributed by atoms with Gasteiger partial charge in [-0.2, -0.15) is 0 Å². The molecule has 0 radical (unpaired) electrons. The van der Waals surface area contributed by atoms with Gasteiger partial charge < -0.3 is 15.8 Å². The van der Waals surface area contributed by atoms with Crippen LogP contribution in [0.4, 0.5) is 0 Å². The molecule has 1 aromatic rings. The summed E-state index contributed by atoms with van der Waals surface area (Å²) < 4.78 is 5.42. The Morgan fingerprint density at radius 2 is 2.10 bits per heavy atom. The minimum Gasteiger partial charge on any atom is -0.375 e. The van der Waals surface area contributed by atoms with E-state index in [4.69, 9.17) is 22.1 Å². The minimum absolute atomic E-state index is 0. The molecule has 1 rings (SSSR count). The zero-order valence-electron chi connectivity index (χ0n) is 12.1. The molecule has 0 saturated carbocycles. The number of ether oxygens (including phenoxy) is 1. The molecule has 0 fully saturated rings. The Kier molecular flexibility index (Phi) is 9.96. The number of nitrogens with two attached hydrogens (primary N) is 1. The van der Waals surface area contributed by atoms with Gasteiger partial charge in [0.2, 0.25) is 0 Å². The number of hydrogen-bond acceptors (Lipinski definition) is 2. The Labute approximate surface area is 143 Å². The summed E-state index contributed by atoms with van der Waals surface area (Å²) in [5, 5.41) is 3.79. The lowest BCUT2D eigenvalue weighted by Crippen LogP contribution is -2.38. The zero-order chi connectivity index (χ0) is 14.3. The van der Waals surface area contributed by atoms with Crippen LogP contribution in [-0.4, -0.2) is 25.7 Å². The van der Waals surface area contributed by atoms with Crippen LogP contribution in [0.15, 0.2) is 29.3 Å². The Balaban J connectivity index is 0.00000361. The summed E-state index contributed by atoms with van der Waals surface area (Å²) in [6.07, 6.45) is 0.806. The molecule has 114 valence electrons. The summed E-state index contributed by atoms with van der Waals surface area (Å²) in [5.74, 6) is 0.434. The Bertz CT molecular complexity index is 429. The second kappa shape index (κ2) is 10.2. The van der Waals surface area contributed by atoms with Crippen molar-refractivity contribution >= 4 is 41.5 Å². The van der Waals surface area contributed by atoms with Crippen molar-refractivity contribution in [2.75, 3.05) is 13.7 Å². The molecule has 2 atom stereocenters. The first kappa shape index (κ1) is 19.5. The molecule has 0 bridgehead atoms. The molecule has 0 saturated heterocycles. The molecular weight excluding hydrogens is 389 g/mol. The Hall–Kier alpha value is -0.530. The molecule has 0 heterocycles. The highest BCUT2D eigenvalue weighted by Crippen LogP contribution is 2.25. The van der Waals surface area contributed by atoms with E-state index in [1.807, 2.05) is 24.3 Å². The van der Waals surface area contributed by atoms with Crippen LogP contribution in [-0.2, 0) is 4.74 Å². The summed E-state index contributed by atoms with van der Waals surface area (Å²) in [7, 11) is 1.64. The van der Waals surface area contributed by atoms with Crippen molar-refractivity contribution in [2.24, 2.45) is 10.7 Å². The number of guanidine groups is 1. The van der Waals surface area contributed by atoms with Crippen molar-refractivity contribution in [1.82, 2.24) is 5.32 Å². The number of methoxy groups -OCH3 is 1. The van der Waals surface area contributed by atoms with Gasteiger partial charge in [-0.1, -0.05) is 36.7 Å². The fourth-order valence-corrected chi connectivity index (χ4v) is 1.87. The molecule has 0 aliphatic rings. The molecule has 3 N–H and O–H groups in total. The molecule has 0 aromatic heterocycles. The standard InChI is InChI=1S/C14H22ClN3O.HI/c1-4-10(2)18-14(16)17-9-13(19-3)11-7-5-6-8-12(11)15;/h5-8,10,13H,4,9H2,1-3H3,(H3,16,17,18);1H. The van der Waals surface area contributed by atoms with Crippen molar-refractivity contribution in [2.45, 2.75) is 32.4 Å². The van der Waals surface area contributed by atoms with Crippen LogP contribution < -0.4 is 11.1 Å². The molecule has 20 heavy (non-hydrogen) atoms. The number of hydrogen-bond donors (Lipinski definition) is 2. The molecule has 1 aromatic carbocycles. The average molecular weight is 412 g/mol. The maximum absolute atomic E-state index is 6.14. The third-order valence-corrected chi connectivity index (χ3v) is 3.31. The van der Waals surface area contributed by atoms with E-state index in [1.165, 1.54) is 0 Å². The van der Waals surface area contributed by atoms with Crippen LogP contribution in [0, 0.1) is 0 Å². The molecule has 0 aliphatic carbocycles. The molecule has 0 amide bonds. The van der Waals surface area contributed by atoms with Crippen molar-refractivity contribution in [1.29, 1.82) is 0 Å². The number of nitrogens with zero attached hydrogens (tertiary/aromatic N) is 1. The van der Waals surface area contributed by atoms with Crippen LogP contribution in [0.25, 0.3) is 0 Å². The molecule has 0 aliphatic heterocycles. The van der Waals surface area contributed by atoms with Crippen molar-refractivity contribution in [3.63, 3.8) is 0 Å². The molecule has 4 nitrogen and oxygen atoms in total. The van der Waals surface area contributed by atoms with E-state index in [9.17, 15) is 0 Å². The predicted molar refractivity (Wildman–Crippen MR) is 96.0 cm³/mol. The van der Waals surface area contributed by atoms with Crippen LogP contribution in [0.1, 0.15) is 31.9 Å². The number of rotatable bonds is 6. The first-order valence-corrected chi connectivity index (χ1v) is 6.80. The first-order chi connectivity index (χ1) is 9.08.